The summed E-state index contributed by atoms with van der Waals surface area (Å²) in [7, 11) is 2.00. The molecule has 0 aromatic heterocycles. The van der Waals surface area contributed by atoms with Crippen LogP contribution in [0.1, 0.15) is 16.8 Å². The molecule has 1 unspecified atom stereocenters. The highest BCUT2D eigenvalue weighted by atomic mass is 16.4. The molecule has 4 N–H and O–H groups in total. The van der Waals surface area contributed by atoms with Gasteiger partial charge in [0, 0.05) is 31.9 Å². The van der Waals surface area contributed by atoms with Crippen molar-refractivity contribution in [2.45, 2.75) is 12.5 Å². The third-order valence-corrected chi connectivity index (χ3v) is 3.99. The quantitative estimate of drug-likeness (QED) is 0.687. The molecule has 24 heavy (non-hydrogen) atoms. The number of nitrogens with two attached hydrogens (primary N) is 1. The molecule has 0 aliphatic carbocycles. The molecule has 2 amide bonds. The summed E-state index contributed by atoms with van der Waals surface area (Å²) < 4.78 is 0. The normalized spacial score (nSPS) is 16.5. The molecule has 130 valence electrons. The van der Waals surface area contributed by atoms with Crippen LogP contribution >= 0.6 is 0 Å². The number of nitrogens with one attached hydrogen (secondary N) is 1. The van der Waals surface area contributed by atoms with Crippen molar-refractivity contribution in [1.82, 2.24) is 9.80 Å². The largest absolute Gasteiger partial charge is 0.478 e. The zero-order valence-corrected chi connectivity index (χ0v) is 13.6. The number of carbonyl (C=O) groups is 3. The Hall–Kier alpha value is -2.45. The van der Waals surface area contributed by atoms with Crippen molar-refractivity contribution in [2.24, 2.45) is 5.73 Å². The maximum Gasteiger partial charge on any atom is 0.335 e. The summed E-state index contributed by atoms with van der Waals surface area (Å²) in [5, 5.41) is 11.4. The van der Waals surface area contributed by atoms with Gasteiger partial charge in [0.1, 0.15) is 0 Å². The summed E-state index contributed by atoms with van der Waals surface area (Å²) in [5.41, 5.74) is 6.38. The number of amides is 2. The molecule has 0 spiro atoms. The second kappa shape index (κ2) is 7.89. The van der Waals surface area contributed by atoms with Crippen LogP contribution in [0.15, 0.2) is 24.3 Å². The van der Waals surface area contributed by atoms with Crippen molar-refractivity contribution in [3.8, 4) is 0 Å². The van der Waals surface area contributed by atoms with Gasteiger partial charge in [-0.2, -0.15) is 0 Å². The molecular weight excluding hydrogens is 312 g/mol. The third kappa shape index (κ3) is 4.77. The van der Waals surface area contributed by atoms with E-state index in [1.165, 1.54) is 24.3 Å². The zero-order chi connectivity index (χ0) is 17.7. The van der Waals surface area contributed by atoms with Gasteiger partial charge in [0.05, 0.1) is 18.0 Å². The average molecular weight is 334 g/mol. The van der Waals surface area contributed by atoms with Crippen molar-refractivity contribution < 1.29 is 19.5 Å². The van der Waals surface area contributed by atoms with E-state index in [1.807, 2.05) is 7.05 Å². The number of carboxylic acids is 1. The highest BCUT2D eigenvalue weighted by Gasteiger charge is 2.24. The fraction of sp³-hybridized carbons (Fsp3) is 0.438. The number of rotatable bonds is 5. The van der Waals surface area contributed by atoms with Crippen molar-refractivity contribution in [3.63, 3.8) is 0 Å². The molecule has 1 fully saturated rings. The predicted molar refractivity (Wildman–Crippen MR) is 88.7 cm³/mol. The highest BCUT2D eigenvalue weighted by molar-refractivity contribution is 5.97. The number of carbonyl (C=O) groups excluding carboxylic acids is 2. The molecule has 2 rings (SSSR count). The average Bonchev–Trinajstić information content (AvgIpc) is 2.55. The molecule has 1 heterocycles. The van der Waals surface area contributed by atoms with Crippen LogP contribution in [-0.4, -0.2) is 72.0 Å². The lowest BCUT2D eigenvalue weighted by molar-refractivity contribution is -0.134. The Morgan fingerprint density at radius 1 is 1.17 bits per heavy atom. The first kappa shape index (κ1) is 17.9. The fourth-order valence-corrected chi connectivity index (χ4v) is 2.40. The highest BCUT2D eigenvalue weighted by Crippen LogP contribution is 2.11. The van der Waals surface area contributed by atoms with E-state index < -0.39 is 17.9 Å². The molecule has 0 radical (unpaired) electrons. The van der Waals surface area contributed by atoms with Crippen LogP contribution in [0.4, 0.5) is 5.69 Å². The second-order valence-corrected chi connectivity index (χ2v) is 5.87. The van der Waals surface area contributed by atoms with Crippen LogP contribution < -0.4 is 11.1 Å². The molecule has 8 heteroatoms. The van der Waals surface area contributed by atoms with Crippen molar-refractivity contribution in [1.29, 1.82) is 0 Å². The lowest BCUT2D eigenvalue weighted by Crippen LogP contribution is -2.49. The summed E-state index contributed by atoms with van der Waals surface area (Å²) in [6, 6.07) is 4.79. The van der Waals surface area contributed by atoms with Crippen LogP contribution in [0.3, 0.4) is 0 Å². The summed E-state index contributed by atoms with van der Waals surface area (Å²) in [6.45, 7) is 2.90. The van der Waals surface area contributed by atoms with Crippen molar-refractivity contribution >= 4 is 23.5 Å². The Kier molecular flexibility index (Phi) is 5.88. The zero-order valence-electron chi connectivity index (χ0n) is 13.6. The van der Waals surface area contributed by atoms with E-state index in [-0.39, 0.29) is 17.9 Å². The van der Waals surface area contributed by atoms with Crippen LogP contribution in [0.5, 0.6) is 0 Å². The van der Waals surface area contributed by atoms with Gasteiger partial charge in [-0.1, -0.05) is 0 Å². The van der Waals surface area contributed by atoms with E-state index in [1.54, 1.807) is 4.90 Å². The van der Waals surface area contributed by atoms with E-state index in [2.05, 4.69) is 10.2 Å². The third-order valence-electron chi connectivity index (χ3n) is 3.99. The molecule has 1 saturated heterocycles. The lowest BCUT2D eigenvalue weighted by Gasteiger charge is -2.32. The van der Waals surface area contributed by atoms with Gasteiger partial charge in [-0.15, -0.1) is 0 Å². The topological polar surface area (TPSA) is 116 Å². The number of anilines is 1. The first-order chi connectivity index (χ1) is 11.4. The summed E-state index contributed by atoms with van der Waals surface area (Å²) in [6.07, 6.45) is -0.0528. The van der Waals surface area contributed by atoms with E-state index in [9.17, 15) is 14.4 Å². The summed E-state index contributed by atoms with van der Waals surface area (Å²) >= 11 is 0. The number of hydrogen-bond acceptors (Lipinski definition) is 5. The van der Waals surface area contributed by atoms with Crippen LogP contribution in [-0.2, 0) is 9.59 Å². The number of carboxylic acid groups (broad SMARTS) is 1. The molecular formula is C16H22N4O4. The molecule has 1 aliphatic heterocycles. The second-order valence-electron chi connectivity index (χ2n) is 5.87. The Morgan fingerprint density at radius 2 is 1.75 bits per heavy atom. The Bertz CT molecular complexity index is 609. The Balaban J connectivity index is 1.85. The van der Waals surface area contributed by atoms with E-state index in [0.717, 1.165) is 13.1 Å². The van der Waals surface area contributed by atoms with Crippen LogP contribution in [0, 0.1) is 0 Å². The minimum Gasteiger partial charge on any atom is -0.478 e. The number of hydrogen-bond donors (Lipinski definition) is 3. The minimum atomic E-state index is -1.04. The van der Waals surface area contributed by atoms with Gasteiger partial charge >= 0.3 is 5.97 Å². The van der Waals surface area contributed by atoms with Crippen molar-refractivity contribution in [3.05, 3.63) is 29.8 Å². The molecule has 1 atom stereocenters. The fourth-order valence-electron chi connectivity index (χ4n) is 2.40. The smallest absolute Gasteiger partial charge is 0.335 e. The number of aromatic carboxylic acids is 1. The SMILES string of the molecule is CN1CCN(C(=O)CC(N)C(=O)Nc2ccc(C(=O)O)cc2)CC1. The van der Waals surface area contributed by atoms with E-state index in [0.29, 0.717) is 18.8 Å². The number of likely N-dealkylation sites (N-methyl/N-ethyl adjacent to an activating group) is 1. The summed E-state index contributed by atoms with van der Waals surface area (Å²) in [4.78, 5) is 38.9. The molecule has 1 aromatic carbocycles. The Labute approximate surface area is 140 Å². The maximum absolute atomic E-state index is 12.2. The van der Waals surface area contributed by atoms with Gasteiger partial charge in [0.15, 0.2) is 0 Å². The number of benzene rings is 1. The Morgan fingerprint density at radius 3 is 2.29 bits per heavy atom. The summed E-state index contributed by atoms with van der Waals surface area (Å²) in [5.74, 6) is -1.64. The number of nitrogens with zero attached hydrogens (tertiary/aromatic N) is 2. The number of piperazine rings is 1. The van der Waals surface area contributed by atoms with E-state index >= 15 is 0 Å². The maximum atomic E-state index is 12.2. The first-order valence-corrected chi connectivity index (χ1v) is 7.73. The first-order valence-electron chi connectivity index (χ1n) is 7.73. The molecule has 1 aliphatic rings. The van der Waals surface area contributed by atoms with Gasteiger partial charge in [0.2, 0.25) is 11.8 Å². The minimum absolute atomic E-state index is 0.0528. The van der Waals surface area contributed by atoms with Gasteiger partial charge in [-0.3, -0.25) is 9.59 Å². The van der Waals surface area contributed by atoms with Crippen molar-refractivity contribution in [2.75, 3.05) is 38.5 Å². The lowest BCUT2D eigenvalue weighted by atomic mass is 10.1. The standard InChI is InChI=1S/C16H22N4O4/c1-19-6-8-20(9-7-19)14(21)10-13(17)15(22)18-12-4-2-11(3-5-12)16(23)24/h2-5,13H,6-10,17H2,1H3,(H,18,22)(H,23,24). The van der Waals surface area contributed by atoms with Gasteiger partial charge in [0.25, 0.3) is 0 Å². The van der Waals surface area contributed by atoms with Crippen LogP contribution in [0.25, 0.3) is 0 Å². The predicted octanol–water partition coefficient (Wildman–Crippen LogP) is -0.185. The van der Waals surface area contributed by atoms with Crippen LogP contribution in [0.2, 0.25) is 0 Å². The van der Waals surface area contributed by atoms with E-state index in [4.69, 9.17) is 10.8 Å². The molecule has 1 aromatic rings. The molecule has 8 nitrogen and oxygen atoms in total. The molecule has 0 saturated carbocycles. The monoisotopic (exact) mass is 334 g/mol. The molecule has 0 bridgehead atoms. The van der Waals surface area contributed by atoms with Gasteiger partial charge in [-0.05, 0) is 31.3 Å². The van der Waals surface area contributed by atoms with Gasteiger partial charge in [-0.25, -0.2) is 4.79 Å². The van der Waals surface area contributed by atoms with Gasteiger partial charge < -0.3 is 26.0 Å².